The highest BCUT2D eigenvalue weighted by molar-refractivity contribution is 7.07. The third-order valence-electron chi connectivity index (χ3n) is 4.54. The molecule has 3 aromatic rings. The van der Waals surface area contributed by atoms with Crippen LogP contribution in [-0.2, 0) is 14.1 Å². The van der Waals surface area contributed by atoms with Gasteiger partial charge in [-0.15, -0.1) is 0 Å². The molecule has 3 rings (SSSR count). The minimum absolute atomic E-state index is 0.0392. The van der Waals surface area contributed by atoms with Gasteiger partial charge in [-0.05, 0) is 48.6 Å². The highest BCUT2D eigenvalue weighted by atomic mass is 32.1. The number of thiophene rings is 1. The molecule has 1 amide bonds. The molecule has 3 aromatic heterocycles. The van der Waals surface area contributed by atoms with Crippen molar-refractivity contribution in [2.45, 2.75) is 6.04 Å². The maximum atomic E-state index is 12.6. The van der Waals surface area contributed by atoms with Crippen molar-refractivity contribution in [1.82, 2.24) is 24.3 Å². The molecule has 27 heavy (non-hydrogen) atoms. The van der Waals surface area contributed by atoms with E-state index in [2.05, 4.69) is 15.7 Å². The summed E-state index contributed by atoms with van der Waals surface area (Å²) in [5.41, 5.74) is 0.564. The average molecular weight is 387 g/mol. The predicted octanol–water partition coefficient (Wildman–Crippen LogP) is 0.726. The van der Waals surface area contributed by atoms with E-state index >= 15 is 0 Å². The summed E-state index contributed by atoms with van der Waals surface area (Å²) in [7, 11) is 6.84. The standard InChI is InChI=1S/C18H21N5O3S/c1-21(2)14(11-7-8-27-10-11)9-19-16(24)13-6-5-12-15(20-13)22(3)18(26)23(4)17(12)25/h5-8,10,14H,9H2,1-4H3,(H,19,24)/t14-/m1/s1. The second kappa shape index (κ2) is 7.45. The number of carbonyl (C=O) groups excluding carboxylic acids is 1. The number of fused-ring (bicyclic) bond motifs is 1. The van der Waals surface area contributed by atoms with Crippen molar-refractivity contribution in [2.75, 3.05) is 20.6 Å². The lowest BCUT2D eigenvalue weighted by Crippen LogP contribution is -2.38. The molecule has 9 heteroatoms. The lowest BCUT2D eigenvalue weighted by Gasteiger charge is -2.23. The number of hydrogen-bond donors (Lipinski definition) is 1. The van der Waals surface area contributed by atoms with E-state index in [0.29, 0.717) is 11.9 Å². The summed E-state index contributed by atoms with van der Waals surface area (Å²) in [6.45, 7) is 0.414. The SMILES string of the molecule is CN(C)[C@H](CNC(=O)c1ccc2c(=O)n(C)c(=O)n(C)c2n1)c1ccsc1. The quantitative estimate of drug-likeness (QED) is 0.697. The monoisotopic (exact) mass is 387 g/mol. The molecule has 0 radical (unpaired) electrons. The van der Waals surface area contributed by atoms with E-state index in [1.54, 1.807) is 11.3 Å². The predicted molar refractivity (Wildman–Crippen MR) is 105 cm³/mol. The Balaban J connectivity index is 1.88. The maximum absolute atomic E-state index is 12.6. The Bertz CT molecular complexity index is 1100. The molecule has 0 aromatic carbocycles. The molecule has 0 aliphatic rings. The van der Waals surface area contributed by atoms with Crippen LogP contribution in [0.3, 0.4) is 0 Å². The molecule has 0 bridgehead atoms. The number of hydrogen-bond acceptors (Lipinski definition) is 6. The van der Waals surface area contributed by atoms with Crippen molar-refractivity contribution in [3.8, 4) is 0 Å². The second-order valence-electron chi connectivity index (χ2n) is 6.52. The first kappa shape index (κ1) is 19.0. The van der Waals surface area contributed by atoms with Crippen molar-refractivity contribution in [1.29, 1.82) is 0 Å². The largest absolute Gasteiger partial charge is 0.349 e. The van der Waals surface area contributed by atoms with Crippen molar-refractivity contribution in [2.24, 2.45) is 14.1 Å². The Hall–Kier alpha value is -2.78. The topological polar surface area (TPSA) is 89.2 Å². The number of likely N-dealkylation sites (N-methyl/N-ethyl adjacent to an activating group) is 1. The third kappa shape index (κ3) is 3.56. The van der Waals surface area contributed by atoms with Gasteiger partial charge in [0.05, 0.1) is 11.4 Å². The van der Waals surface area contributed by atoms with Gasteiger partial charge >= 0.3 is 5.69 Å². The van der Waals surface area contributed by atoms with Crippen LogP contribution in [-0.4, -0.2) is 45.6 Å². The lowest BCUT2D eigenvalue weighted by molar-refractivity contribution is 0.0937. The molecule has 0 unspecified atom stereocenters. The normalized spacial score (nSPS) is 12.5. The fraction of sp³-hybridized carbons (Fsp3) is 0.333. The van der Waals surface area contributed by atoms with E-state index in [-0.39, 0.29) is 23.3 Å². The lowest BCUT2D eigenvalue weighted by atomic mass is 10.1. The first-order valence-corrected chi connectivity index (χ1v) is 9.29. The van der Waals surface area contributed by atoms with E-state index in [1.165, 1.54) is 30.8 Å². The molecule has 0 fully saturated rings. The minimum Gasteiger partial charge on any atom is -0.349 e. The summed E-state index contributed by atoms with van der Waals surface area (Å²) in [6.07, 6.45) is 0. The van der Waals surface area contributed by atoms with E-state index in [0.717, 1.165) is 10.1 Å². The van der Waals surface area contributed by atoms with Gasteiger partial charge in [0.1, 0.15) is 11.3 Å². The Kier molecular flexibility index (Phi) is 5.24. The van der Waals surface area contributed by atoms with Crippen molar-refractivity contribution in [3.05, 3.63) is 61.1 Å². The van der Waals surface area contributed by atoms with Crippen LogP contribution >= 0.6 is 11.3 Å². The molecule has 0 spiro atoms. The van der Waals surface area contributed by atoms with Crippen LogP contribution < -0.4 is 16.6 Å². The molecule has 142 valence electrons. The molecular formula is C18H21N5O3S. The molecule has 0 aliphatic heterocycles. The highest BCUT2D eigenvalue weighted by Crippen LogP contribution is 2.20. The molecule has 3 heterocycles. The smallest absolute Gasteiger partial charge is 0.332 e. The van der Waals surface area contributed by atoms with Gasteiger partial charge in [0.25, 0.3) is 11.5 Å². The van der Waals surface area contributed by atoms with Crippen LogP contribution in [0.25, 0.3) is 11.0 Å². The Morgan fingerprint density at radius 3 is 2.59 bits per heavy atom. The summed E-state index contributed by atoms with van der Waals surface area (Å²) in [4.78, 5) is 43.1. The van der Waals surface area contributed by atoms with Gasteiger partial charge in [-0.2, -0.15) is 11.3 Å². The molecule has 8 nitrogen and oxygen atoms in total. The summed E-state index contributed by atoms with van der Waals surface area (Å²) in [5.74, 6) is -0.355. The summed E-state index contributed by atoms with van der Waals surface area (Å²) >= 11 is 1.61. The van der Waals surface area contributed by atoms with Gasteiger partial charge in [0.15, 0.2) is 0 Å². The van der Waals surface area contributed by atoms with Gasteiger partial charge in [0, 0.05) is 20.6 Å². The molecule has 0 saturated heterocycles. The van der Waals surface area contributed by atoms with Gasteiger partial charge < -0.3 is 10.2 Å². The first-order valence-electron chi connectivity index (χ1n) is 8.34. The Labute approximate surface area is 159 Å². The van der Waals surface area contributed by atoms with Crippen molar-refractivity contribution in [3.63, 3.8) is 0 Å². The third-order valence-corrected chi connectivity index (χ3v) is 5.24. The number of aryl methyl sites for hydroxylation is 1. The van der Waals surface area contributed by atoms with E-state index in [4.69, 9.17) is 0 Å². The van der Waals surface area contributed by atoms with Crippen LogP contribution in [0.1, 0.15) is 22.1 Å². The van der Waals surface area contributed by atoms with E-state index in [9.17, 15) is 14.4 Å². The maximum Gasteiger partial charge on any atom is 0.332 e. The first-order chi connectivity index (χ1) is 12.8. The van der Waals surface area contributed by atoms with Gasteiger partial charge in [0.2, 0.25) is 0 Å². The average Bonchev–Trinajstić information content (AvgIpc) is 3.18. The summed E-state index contributed by atoms with van der Waals surface area (Å²) in [6, 6.07) is 5.10. The number of nitrogens with zero attached hydrogens (tertiary/aromatic N) is 4. The number of rotatable bonds is 5. The zero-order valence-electron chi connectivity index (χ0n) is 15.6. The van der Waals surface area contributed by atoms with Crippen molar-refractivity contribution >= 4 is 28.3 Å². The second-order valence-corrected chi connectivity index (χ2v) is 7.30. The van der Waals surface area contributed by atoms with Gasteiger partial charge in [-0.3, -0.25) is 18.7 Å². The number of aromatic nitrogens is 3. The molecule has 0 aliphatic carbocycles. The van der Waals surface area contributed by atoms with Crippen molar-refractivity contribution < 1.29 is 4.79 Å². The number of nitrogens with one attached hydrogen (secondary N) is 1. The number of amides is 1. The molecule has 0 saturated carbocycles. The fourth-order valence-electron chi connectivity index (χ4n) is 2.92. The van der Waals surface area contributed by atoms with Crippen LogP contribution in [0.2, 0.25) is 0 Å². The minimum atomic E-state index is -0.484. The van der Waals surface area contributed by atoms with Gasteiger partial charge in [-0.25, -0.2) is 9.78 Å². The molecular weight excluding hydrogens is 366 g/mol. The molecule has 1 N–H and O–H groups in total. The zero-order chi connectivity index (χ0) is 19.7. The Morgan fingerprint density at radius 1 is 1.22 bits per heavy atom. The number of pyridine rings is 1. The van der Waals surface area contributed by atoms with E-state index < -0.39 is 11.2 Å². The van der Waals surface area contributed by atoms with Gasteiger partial charge in [-0.1, -0.05) is 0 Å². The summed E-state index contributed by atoms with van der Waals surface area (Å²) in [5, 5.41) is 7.23. The highest BCUT2D eigenvalue weighted by Gasteiger charge is 2.18. The summed E-state index contributed by atoms with van der Waals surface area (Å²) < 4.78 is 2.29. The molecule has 1 atom stereocenters. The number of carbonyl (C=O) groups is 1. The van der Waals surface area contributed by atoms with Crippen LogP contribution in [0.5, 0.6) is 0 Å². The Morgan fingerprint density at radius 2 is 1.96 bits per heavy atom. The van der Waals surface area contributed by atoms with Crippen LogP contribution in [0, 0.1) is 0 Å². The zero-order valence-corrected chi connectivity index (χ0v) is 16.4. The van der Waals surface area contributed by atoms with Crippen LogP contribution in [0.15, 0.2) is 38.5 Å². The fourth-order valence-corrected chi connectivity index (χ4v) is 3.63. The van der Waals surface area contributed by atoms with Crippen LogP contribution in [0.4, 0.5) is 0 Å². The van der Waals surface area contributed by atoms with E-state index in [1.807, 2.05) is 30.4 Å².